The Morgan fingerprint density at radius 3 is 1.50 bits per heavy atom. The molecule has 0 radical (unpaired) electrons. The van der Waals surface area contributed by atoms with Crippen LogP contribution in [0.4, 0.5) is 0 Å². The molecule has 0 spiro atoms. The molecule has 0 unspecified atom stereocenters. The van der Waals surface area contributed by atoms with E-state index in [-0.39, 0.29) is 18.3 Å². The van der Waals surface area contributed by atoms with Crippen LogP contribution in [0.1, 0.15) is 0 Å². The zero-order chi connectivity index (χ0) is 4.00. The van der Waals surface area contributed by atoms with Gasteiger partial charge in [-0.25, -0.2) is 0 Å². The molecule has 4 heteroatoms. The van der Waals surface area contributed by atoms with E-state index in [1.807, 2.05) is 0 Å². The molecule has 0 aliphatic carbocycles. The Morgan fingerprint density at radius 2 is 1.50 bits per heavy atom. The van der Waals surface area contributed by atoms with Crippen LogP contribution in [0.2, 0.25) is 0 Å². The number of rotatable bonds is 0. The third-order valence-corrected chi connectivity index (χ3v) is 0. The van der Waals surface area contributed by atoms with Crippen LogP contribution in [0, 0.1) is 0 Å². The predicted octanol–water partition coefficient (Wildman–Crippen LogP) is -0.505. The van der Waals surface area contributed by atoms with Crippen LogP contribution >= 0.6 is 0 Å². The second-order valence-electron chi connectivity index (χ2n) is 0. The van der Waals surface area contributed by atoms with E-state index in [0.717, 1.165) is 0 Å². The minimum absolute atomic E-state index is 0.125. The quantitative estimate of drug-likeness (QED) is 0.414. The van der Waals surface area contributed by atoms with Crippen molar-refractivity contribution in [2.24, 2.45) is 0 Å². The van der Waals surface area contributed by atoms with Gasteiger partial charge in [0.05, 0.1) is 0 Å². The Morgan fingerprint density at radius 1 is 1.50 bits per heavy atom. The first kappa shape index (κ1) is 8.96. The van der Waals surface area contributed by atoms with E-state index in [1.54, 1.807) is 0 Å². The van der Waals surface area contributed by atoms with Gasteiger partial charge in [-0.15, -0.1) is 0 Å². The van der Waals surface area contributed by atoms with Gasteiger partial charge in [0.2, 0.25) is 0 Å². The molecule has 0 N–H and O–H groups in total. The Hall–Kier alpha value is 1.20. The first-order chi connectivity index (χ1) is 2.00. The van der Waals surface area contributed by atoms with Crippen molar-refractivity contribution in [3.63, 3.8) is 0 Å². The van der Waals surface area contributed by atoms with E-state index in [1.165, 1.54) is 19.5 Å². The fourth-order valence-corrected chi connectivity index (χ4v) is 0. The van der Waals surface area contributed by atoms with E-state index in [4.69, 9.17) is 3.57 Å². The molecule has 0 atom stereocenters. The molecule has 1 nitrogen and oxygen atoms in total. The Bertz CT molecular complexity index is 19.2. The molecule has 0 aliphatic rings. The van der Waals surface area contributed by atoms with E-state index in [9.17, 15) is 0 Å². The molecule has 0 aromatic heterocycles. The summed E-state index contributed by atoms with van der Waals surface area (Å²) in [5, 5.41) is 4.50. The normalized spacial score (nSPS) is 3.50. The van der Waals surface area contributed by atoms with Gasteiger partial charge in [-0.05, 0) is 0 Å². The van der Waals surface area contributed by atoms with Crippen LogP contribution < -0.4 is 0 Å². The maximum atomic E-state index is 8.38. The van der Waals surface area contributed by atoms with Gasteiger partial charge < -0.3 is 0 Å². The van der Waals surface area contributed by atoms with Crippen LogP contribution in [0.3, 0.4) is 0 Å². The van der Waals surface area contributed by atoms with Gasteiger partial charge in [0.25, 0.3) is 0 Å². The third-order valence-electron chi connectivity index (χ3n) is 0. The van der Waals surface area contributed by atoms with E-state index in [0.29, 0.717) is 0 Å². The average Bonchev–Trinajstić information content (AvgIpc) is 1.50. The Kier molecular flexibility index (Phi) is 66.8. The molecule has 0 rings (SSSR count). The second-order valence-corrected chi connectivity index (χ2v) is 0. The molecular weight excluding hydrogens is 140 g/mol. The van der Waals surface area contributed by atoms with Gasteiger partial charge in [0, 0.05) is 0 Å². The number of hydrogen-bond acceptors (Lipinski definition) is 1. The fraction of sp³-hybridized carbons (Fsp3) is 0. The van der Waals surface area contributed by atoms with Crippen LogP contribution in [-0.4, -0.2) is 5.38 Å². The number of hydrogen-bond donors (Lipinski definition) is 0. The van der Waals surface area contributed by atoms with Crippen LogP contribution in [0.15, 0.2) is 0 Å². The Labute approximate surface area is 46.7 Å². The van der Waals surface area contributed by atoms with Crippen molar-refractivity contribution in [3.05, 3.63) is 0 Å². The first-order valence-corrected chi connectivity index (χ1v) is 2.69. The first-order valence-electron chi connectivity index (χ1n) is 0.577. The summed E-state index contributed by atoms with van der Waals surface area (Å²) in [6.45, 7) is 0. The molecule has 0 aliphatic heterocycles. The summed E-state index contributed by atoms with van der Waals surface area (Å²) in [5.41, 5.74) is 0. The topological polar surface area (TPSA) is 17.1 Å². The predicted molar refractivity (Wildman–Crippen MR) is 6.44 cm³/mol. The third kappa shape index (κ3) is 10.7. The fourth-order valence-electron chi connectivity index (χ4n) is 0. The Balaban J connectivity index is 0. The zero-order valence-electron chi connectivity index (χ0n) is 2.19. The van der Waals surface area contributed by atoms with Crippen molar-refractivity contribution in [2.45, 2.75) is 0 Å². The molecule has 4 heavy (non-hydrogen) atoms. The second kappa shape index (κ2) is 29.8. The van der Waals surface area contributed by atoms with Gasteiger partial charge in [0.15, 0.2) is 0 Å². The average molecular weight is 140 g/mol. The molecule has 15 valence electrons. The molecule has 0 heterocycles. The van der Waals surface area contributed by atoms with Crippen molar-refractivity contribution in [1.82, 2.24) is 0 Å². The standard InChI is InChI=1S/B.O.Ti.Zn. The van der Waals surface area contributed by atoms with Gasteiger partial charge >= 0.3 is 46.7 Å². The summed E-state index contributed by atoms with van der Waals surface area (Å²) in [4.78, 5) is 0. The summed E-state index contributed by atoms with van der Waals surface area (Å²) < 4.78 is 8.38. The van der Waals surface area contributed by atoms with Crippen LogP contribution in [-0.2, 0) is 41.4 Å². The van der Waals surface area contributed by atoms with Gasteiger partial charge in [-0.1, -0.05) is 0 Å². The summed E-state index contributed by atoms with van der Waals surface area (Å²) >= 11 is 1.62. The molecule has 0 bridgehead atoms. The van der Waals surface area contributed by atoms with Gasteiger partial charge in [-0.2, -0.15) is 0 Å². The summed E-state index contributed by atoms with van der Waals surface area (Å²) in [6, 6.07) is 0. The molecular formula is BOTiZn. The summed E-state index contributed by atoms with van der Waals surface area (Å²) in [5.74, 6) is 0. The maximum absolute atomic E-state index is 8.38. The summed E-state index contributed by atoms with van der Waals surface area (Å²) in [7, 11) is 0. The van der Waals surface area contributed by atoms with Gasteiger partial charge in [-0.3, -0.25) is 0 Å². The van der Waals surface area contributed by atoms with E-state index >= 15 is 0 Å². The monoisotopic (exact) mass is 139 g/mol. The molecule has 0 amide bonds. The van der Waals surface area contributed by atoms with E-state index in [2.05, 4.69) is 5.38 Å². The zero-order valence-corrected chi connectivity index (χ0v) is 6.72. The van der Waals surface area contributed by atoms with Crippen LogP contribution in [0.25, 0.3) is 0 Å². The SMILES string of the molecule is [B]#[Ti].[O]=[Zn]. The van der Waals surface area contributed by atoms with Crippen molar-refractivity contribution in [1.29, 1.82) is 0 Å². The molecule has 0 aromatic carbocycles. The molecule has 0 fully saturated rings. The summed E-state index contributed by atoms with van der Waals surface area (Å²) in [6.07, 6.45) is 0. The van der Waals surface area contributed by atoms with Crippen molar-refractivity contribution < 1.29 is 41.4 Å². The molecule has 0 saturated carbocycles. The minimum atomic E-state index is 0.125. The van der Waals surface area contributed by atoms with Crippen molar-refractivity contribution >= 4 is 5.38 Å². The van der Waals surface area contributed by atoms with E-state index < -0.39 is 0 Å². The molecule has 0 aromatic rings. The molecule has 0 saturated heterocycles. The van der Waals surface area contributed by atoms with Gasteiger partial charge in [0.1, 0.15) is 0 Å². The van der Waals surface area contributed by atoms with Crippen molar-refractivity contribution in [3.8, 4) is 0 Å². The van der Waals surface area contributed by atoms with Crippen molar-refractivity contribution in [2.75, 3.05) is 0 Å². The van der Waals surface area contributed by atoms with Crippen LogP contribution in [0.5, 0.6) is 0 Å².